The van der Waals surface area contributed by atoms with Crippen LogP contribution in [-0.2, 0) is 9.53 Å². The first-order valence-electron chi connectivity index (χ1n) is 5.88. The summed E-state index contributed by atoms with van der Waals surface area (Å²) < 4.78 is 5.47. The molecule has 0 spiro atoms. The summed E-state index contributed by atoms with van der Waals surface area (Å²) >= 11 is 0. The lowest BCUT2D eigenvalue weighted by Gasteiger charge is -2.31. The molecule has 3 heteroatoms. The lowest BCUT2D eigenvalue weighted by atomic mass is 9.82. The van der Waals surface area contributed by atoms with Crippen LogP contribution in [0.2, 0.25) is 0 Å². The lowest BCUT2D eigenvalue weighted by molar-refractivity contribution is -0.117. The summed E-state index contributed by atoms with van der Waals surface area (Å²) in [7, 11) is 0. The van der Waals surface area contributed by atoms with Gasteiger partial charge in [-0.05, 0) is 5.56 Å². The SMILES string of the molecule is O=C1C=C2OCCC(O)C2C1c1ccccc1. The summed E-state index contributed by atoms with van der Waals surface area (Å²) in [5.74, 6) is 0.222. The van der Waals surface area contributed by atoms with Gasteiger partial charge in [-0.15, -0.1) is 0 Å². The van der Waals surface area contributed by atoms with Gasteiger partial charge in [-0.2, -0.15) is 0 Å². The molecule has 1 aliphatic heterocycles. The molecule has 0 radical (unpaired) electrons. The third-order valence-electron chi connectivity index (χ3n) is 3.53. The molecule has 1 fully saturated rings. The molecule has 0 amide bonds. The Morgan fingerprint density at radius 3 is 2.76 bits per heavy atom. The number of ether oxygens (including phenoxy) is 1. The fraction of sp³-hybridized carbons (Fsp3) is 0.357. The van der Waals surface area contributed by atoms with Gasteiger partial charge in [0, 0.05) is 12.5 Å². The maximum Gasteiger partial charge on any atom is 0.167 e. The maximum absolute atomic E-state index is 12.0. The van der Waals surface area contributed by atoms with Gasteiger partial charge in [0.15, 0.2) is 5.78 Å². The van der Waals surface area contributed by atoms with Crippen LogP contribution in [0.5, 0.6) is 0 Å². The van der Waals surface area contributed by atoms with E-state index in [-0.39, 0.29) is 17.6 Å². The molecule has 1 heterocycles. The van der Waals surface area contributed by atoms with Crippen LogP contribution in [0.4, 0.5) is 0 Å². The molecule has 1 N–H and O–H groups in total. The van der Waals surface area contributed by atoms with E-state index in [0.717, 1.165) is 5.56 Å². The summed E-state index contributed by atoms with van der Waals surface area (Å²) in [5.41, 5.74) is 0.957. The van der Waals surface area contributed by atoms with E-state index >= 15 is 0 Å². The molecule has 0 saturated carbocycles. The van der Waals surface area contributed by atoms with Crippen molar-refractivity contribution in [1.82, 2.24) is 0 Å². The third-order valence-corrected chi connectivity index (χ3v) is 3.53. The van der Waals surface area contributed by atoms with Gasteiger partial charge in [0.2, 0.25) is 0 Å². The highest BCUT2D eigenvalue weighted by Gasteiger charge is 2.44. The van der Waals surface area contributed by atoms with E-state index in [2.05, 4.69) is 0 Å². The molecular formula is C14H14O3. The van der Waals surface area contributed by atoms with Crippen molar-refractivity contribution in [2.75, 3.05) is 6.61 Å². The summed E-state index contributed by atoms with van der Waals surface area (Å²) in [5, 5.41) is 10.1. The van der Waals surface area contributed by atoms with E-state index in [1.165, 1.54) is 0 Å². The Morgan fingerprint density at radius 1 is 1.24 bits per heavy atom. The fourth-order valence-electron chi connectivity index (χ4n) is 2.73. The van der Waals surface area contributed by atoms with E-state index < -0.39 is 6.10 Å². The summed E-state index contributed by atoms with van der Waals surface area (Å²) in [6, 6.07) is 9.61. The molecule has 1 aromatic rings. The summed E-state index contributed by atoms with van der Waals surface area (Å²) in [4.78, 5) is 12.0. The number of aliphatic hydroxyl groups is 1. The van der Waals surface area contributed by atoms with Gasteiger partial charge in [-0.1, -0.05) is 30.3 Å². The Bertz CT molecular complexity index is 464. The number of carbonyl (C=O) groups excluding carboxylic acids is 1. The minimum absolute atomic E-state index is 0.0390. The van der Waals surface area contributed by atoms with Crippen LogP contribution in [0, 0.1) is 5.92 Å². The molecular weight excluding hydrogens is 216 g/mol. The Balaban J connectivity index is 1.98. The number of benzene rings is 1. The van der Waals surface area contributed by atoms with Crippen molar-refractivity contribution >= 4 is 5.78 Å². The fourth-order valence-corrected chi connectivity index (χ4v) is 2.73. The van der Waals surface area contributed by atoms with Gasteiger partial charge in [-0.3, -0.25) is 4.79 Å². The standard InChI is InChI=1S/C14H14O3/c15-10-6-7-17-12-8-11(16)13(14(10)12)9-4-2-1-3-5-9/h1-5,8,10,13-15H,6-7H2. The zero-order valence-electron chi connectivity index (χ0n) is 9.37. The first kappa shape index (κ1) is 10.5. The van der Waals surface area contributed by atoms with Crippen molar-refractivity contribution in [2.45, 2.75) is 18.4 Å². The summed E-state index contributed by atoms with van der Waals surface area (Å²) in [6.45, 7) is 0.498. The Hall–Kier alpha value is -1.61. The molecule has 1 saturated heterocycles. The van der Waals surface area contributed by atoms with Crippen LogP contribution in [0.3, 0.4) is 0 Å². The van der Waals surface area contributed by atoms with Gasteiger partial charge in [0.05, 0.1) is 24.5 Å². The molecule has 17 heavy (non-hydrogen) atoms. The van der Waals surface area contributed by atoms with Crippen molar-refractivity contribution < 1.29 is 14.6 Å². The third kappa shape index (κ3) is 1.67. The lowest BCUT2D eigenvalue weighted by Crippen LogP contribution is -2.33. The normalized spacial score (nSPS) is 31.7. The van der Waals surface area contributed by atoms with E-state index in [9.17, 15) is 9.90 Å². The van der Waals surface area contributed by atoms with Gasteiger partial charge < -0.3 is 9.84 Å². The number of ketones is 1. The van der Waals surface area contributed by atoms with Gasteiger partial charge in [0.1, 0.15) is 5.76 Å². The highest BCUT2D eigenvalue weighted by molar-refractivity contribution is 5.99. The highest BCUT2D eigenvalue weighted by atomic mass is 16.5. The maximum atomic E-state index is 12.0. The molecule has 3 rings (SSSR count). The number of allylic oxidation sites excluding steroid dienone is 1. The van der Waals surface area contributed by atoms with Crippen molar-refractivity contribution in [3.8, 4) is 0 Å². The second kappa shape index (κ2) is 4.00. The number of aliphatic hydroxyl groups excluding tert-OH is 1. The zero-order chi connectivity index (χ0) is 11.8. The van der Waals surface area contributed by atoms with Crippen LogP contribution >= 0.6 is 0 Å². The largest absolute Gasteiger partial charge is 0.497 e. The van der Waals surface area contributed by atoms with Crippen molar-refractivity contribution in [3.63, 3.8) is 0 Å². The van der Waals surface area contributed by atoms with Gasteiger partial charge in [0.25, 0.3) is 0 Å². The molecule has 3 nitrogen and oxygen atoms in total. The number of hydrogen-bond acceptors (Lipinski definition) is 3. The second-order valence-corrected chi connectivity index (χ2v) is 4.57. The van der Waals surface area contributed by atoms with Gasteiger partial charge >= 0.3 is 0 Å². The molecule has 3 atom stereocenters. The second-order valence-electron chi connectivity index (χ2n) is 4.57. The average Bonchev–Trinajstić information content (AvgIpc) is 2.68. The van der Waals surface area contributed by atoms with E-state index in [1.54, 1.807) is 6.08 Å². The number of fused-ring (bicyclic) bond motifs is 1. The molecule has 2 aliphatic rings. The predicted octanol–water partition coefficient (Wildman–Crippen LogP) is 1.63. The van der Waals surface area contributed by atoms with Crippen LogP contribution in [0.15, 0.2) is 42.2 Å². The number of rotatable bonds is 1. The van der Waals surface area contributed by atoms with Crippen LogP contribution < -0.4 is 0 Å². The number of hydrogen-bond donors (Lipinski definition) is 1. The quantitative estimate of drug-likeness (QED) is 0.797. The number of carbonyl (C=O) groups is 1. The molecule has 88 valence electrons. The topological polar surface area (TPSA) is 46.5 Å². The van der Waals surface area contributed by atoms with Gasteiger partial charge in [-0.25, -0.2) is 0 Å². The van der Waals surface area contributed by atoms with E-state index in [4.69, 9.17) is 4.74 Å². The minimum atomic E-state index is -0.480. The zero-order valence-corrected chi connectivity index (χ0v) is 9.37. The Kier molecular flexibility index (Phi) is 2.48. The molecule has 1 aromatic carbocycles. The molecule has 1 aliphatic carbocycles. The molecule has 3 unspecified atom stereocenters. The Morgan fingerprint density at radius 2 is 2.00 bits per heavy atom. The van der Waals surface area contributed by atoms with Crippen LogP contribution in [0.1, 0.15) is 17.9 Å². The first-order chi connectivity index (χ1) is 8.27. The highest BCUT2D eigenvalue weighted by Crippen LogP contribution is 2.42. The van der Waals surface area contributed by atoms with Crippen molar-refractivity contribution in [3.05, 3.63) is 47.7 Å². The predicted molar refractivity (Wildman–Crippen MR) is 62.3 cm³/mol. The molecule has 0 bridgehead atoms. The molecule has 0 aromatic heterocycles. The smallest absolute Gasteiger partial charge is 0.167 e. The van der Waals surface area contributed by atoms with Crippen LogP contribution in [0.25, 0.3) is 0 Å². The van der Waals surface area contributed by atoms with E-state index in [1.807, 2.05) is 30.3 Å². The van der Waals surface area contributed by atoms with Crippen molar-refractivity contribution in [1.29, 1.82) is 0 Å². The van der Waals surface area contributed by atoms with Crippen molar-refractivity contribution in [2.24, 2.45) is 5.92 Å². The first-order valence-corrected chi connectivity index (χ1v) is 5.88. The van der Waals surface area contributed by atoms with E-state index in [0.29, 0.717) is 18.8 Å². The monoisotopic (exact) mass is 230 g/mol. The van der Waals surface area contributed by atoms with Crippen LogP contribution in [-0.4, -0.2) is 23.6 Å². The summed E-state index contributed by atoms with van der Waals surface area (Å²) in [6.07, 6.45) is 1.66. The average molecular weight is 230 g/mol. The Labute approximate surface area is 99.7 Å². The minimum Gasteiger partial charge on any atom is -0.497 e.